The van der Waals surface area contributed by atoms with Gasteiger partial charge in [0, 0.05) is 12.7 Å². The monoisotopic (exact) mass is 404 g/mol. The number of ether oxygens (including phenoxy) is 1. The third-order valence-electron chi connectivity index (χ3n) is 4.11. The van der Waals surface area contributed by atoms with Crippen molar-refractivity contribution in [2.45, 2.75) is 25.7 Å². The molecule has 0 aromatic heterocycles. The smallest absolute Gasteiger partial charge is 0.338 e. The number of carbonyl (C=O) groups excluding carboxylic acids is 2. The van der Waals surface area contributed by atoms with Gasteiger partial charge in [-0.2, -0.15) is 4.31 Å². The molecule has 0 spiro atoms. The van der Waals surface area contributed by atoms with Crippen LogP contribution in [0.4, 0.5) is 5.69 Å². The molecular weight excluding hydrogens is 380 g/mol. The lowest BCUT2D eigenvalue weighted by atomic mass is 10.1. The Bertz CT molecular complexity index is 969. The van der Waals surface area contributed by atoms with Crippen LogP contribution in [0.25, 0.3) is 0 Å². The number of nitrogens with zero attached hydrogens (tertiary/aromatic N) is 1. The molecular formula is C20H24N2O5S. The molecule has 1 amide bonds. The maximum Gasteiger partial charge on any atom is 0.338 e. The van der Waals surface area contributed by atoms with Gasteiger partial charge in [0.2, 0.25) is 15.9 Å². The SMILES string of the molecule is CCOC(=O)c1ccc(S(=O)(=O)N(C)CC(=O)Nc2cc(C)ccc2C)cc1. The second-order valence-electron chi connectivity index (χ2n) is 6.37. The predicted octanol–water partition coefficient (Wildman–Crippen LogP) is 2.74. The molecule has 0 fully saturated rings. The van der Waals surface area contributed by atoms with Crippen molar-refractivity contribution in [3.63, 3.8) is 0 Å². The average molecular weight is 404 g/mol. The first-order valence-electron chi connectivity index (χ1n) is 8.75. The molecule has 0 atom stereocenters. The van der Waals surface area contributed by atoms with Gasteiger partial charge in [-0.1, -0.05) is 12.1 Å². The van der Waals surface area contributed by atoms with E-state index in [-0.39, 0.29) is 23.6 Å². The molecule has 0 aliphatic carbocycles. The summed E-state index contributed by atoms with van der Waals surface area (Å²) in [4.78, 5) is 24.0. The molecule has 8 heteroatoms. The fourth-order valence-corrected chi connectivity index (χ4v) is 3.63. The van der Waals surface area contributed by atoms with Crippen LogP contribution in [0.15, 0.2) is 47.4 Å². The Hall–Kier alpha value is -2.71. The molecule has 2 rings (SSSR count). The molecule has 0 unspecified atom stereocenters. The van der Waals surface area contributed by atoms with E-state index in [1.807, 2.05) is 32.0 Å². The Kier molecular flexibility index (Phi) is 6.93. The zero-order valence-electron chi connectivity index (χ0n) is 16.4. The molecule has 7 nitrogen and oxygen atoms in total. The van der Waals surface area contributed by atoms with Crippen LogP contribution >= 0.6 is 0 Å². The maximum atomic E-state index is 12.7. The van der Waals surface area contributed by atoms with Crippen LogP contribution < -0.4 is 5.32 Å². The number of anilines is 1. The minimum absolute atomic E-state index is 0.0115. The number of esters is 1. The molecule has 2 aromatic rings. The largest absolute Gasteiger partial charge is 0.462 e. The number of amides is 1. The van der Waals surface area contributed by atoms with Crippen molar-refractivity contribution in [3.8, 4) is 0 Å². The number of nitrogens with one attached hydrogen (secondary N) is 1. The Morgan fingerprint density at radius 2 is 1.71 bits per heavy atom. The summed E-state index contributed by atoms with van der Waals surface area (Å²) in [6.45, 7) is 5.35. The molecule has 0 saturated carbocycles. The van der Waals surface area contributed by atoms with Gasteiger partial charge in [0.25, 0.3) is 0 Å². The van der Waals surface area contributed by atoms with Crippen molar-refractivity contribution in [3.05, 3.63) is 59.2 Å². The van der Waals surface area contributed by atoms with Gasteiger partial charge in [-0.05, 0) is 62.2 Å². The van der Waals surface area contributed by atoms with Crippen LogP contribution in [-0.4, -0.2) is 44.8 Å². The summed E-state index contributed by atoms with van der Waals surface area (Å²) in [5.74, 6) is -0.962. The second-order valence-corrected chi connectivity index (χ2v) is 8.42. The van der Waals surface area contributed by atoms with Crippen molar-refractivity contribution in [2.24, 2.45) is 0 Å². The zero-order valence-corrected chi connectivity index (χ0v) is 17.2. The molecule has 150 valence electrons. The molecule has 0 aliphatic rings. The lowest BCUT2D eigenvalue weighted by Crippen LogP contribution is -2.35. The molecule has 0 bridgehead atoms. The first-order chi connectivity index (χ1) is 13.1. The minimum Gasteiger partial charge on any atom is -0.462 e. The van der Waals surface area contributed by atoms with E-state index in [0.29, 0.717) is 5.69 Å². The highest BCUT2D eigenvalue weighted by Crippen LogP contribution is 2.18. The van der Waals surface area contributed by atoms with Crippen molar-refractivity contribution >= 4 is 27.6 Å². The lowest BCUT2D eigenvalue weighted by molar-refractivity contribution is -0.116. The number of benzene rings is 2. The summed E-state index contributed by atoms with van der Waals surface area (Å²) < 4.78 is 31.2. The molecule has 0 aliphatic heterocycles. The summed E-state index contributed by atoms with van der Waals surface area (Å²) in [5.41, 5.74) is 2.79. The van der Waals surface area contributed by atoms with Crippen molar-refractivity contribution < 1.29 is 22.7 Å². The first kappa shape index (κ1) is 21.6. The van der Waals surface area contributed by atoms with E-state index in [1.54, 1.807) is 6.92 Å². The Morgan fingerprint density at radius 3 is 2.32 bits per heavy atom. The summed E-state index contributed by atoms with van der Waals surface area (Å²) in [7, 11) is -2.55. The van der Waals surface area contributed by atoms with E-state index in [4.69, 9.17) is 4.74 Å². The highest BCUT2D eigenvalue weighted by atomic mass is 32.2. The van der Waals surface area contributed by atoms with Crippen LogP contribution in [0, 0.1) is 13.8 Å². The van der Waals surface area contributed by atoms with Gasteiger partial charge in [-0.3, -0.25) is 4.79 Å². The van der Waals surface area contributed by atoms with E-state index in [0.717, 1.165) is 15.4 Å². The number of likely N-dealkylation sites (N-methyl/N-ethyl adjacent to an activating group) is 1. The summed E-state index contributed by atoms with van der Waals surface area (Å²) in [6, 6.07) is 11.1. The molecule has 0 heterocycles. The van der Waals surface area contributed by atoms with Crippen LogP contribution in [0.1, 0.15) is 28.4 Å². The highest BCUT2D eigenvalue weighted by molar-refractivity contribution is 7.89. The van der Waals surface area contributed by atoms with Gasteiger partial charge in [-0.15, -0.1) is 0 Å². The van der Waals surface area contributed by atoms with Crippen LogP contribution in [0.3, 0.4) is 0 Å². The topological polar surface area (TPSA) is 92.8 Å². The quantitative estimate of drug-likeness (QED) is 0.717. The third-order valence-corrected chi connectivity index (χ3v) is 5.92. The van der Waals surface area contributed by atoms with Crippen molar-refractivity contribution in [1.82, 2.24) is 4.31 Å². The first-order valence-corrected chi connectivity index (χ1v) is 10.2. The second kappa shape index (κ2) is 8.99. The Morgan fingerprint density at radius 1 is 1.07 bits per heavy atom. The van der Waals surface area contributed by atoms with Crippen LogP contribution in [0.2, 0.25) is 0 Å². The van der Waals surface area contributed by atoms with Crippen molar-refractivity contribution in [1.29, 1.82) is 0 Å². The normalized spacial score (nSPS) is 11.3. The van der Waals surface area contributed by atoms with E-state index >= 15 is 0 Å². The number of hydrogen-bond acceptors (Lipinski definition) is 5. The zero-order chi connectivity index (χ0) is 20.9. The molecule has 0 radical (unpaired) electrons. The van der Waals surface area contributed by atoms with E-state index in [1.165, 1.54) is 31.3 Å². The fourth-order valence-electron chi connectivity index (χ4n) is 2.50. The number of aryl methyl sites for hydroxylation is 2. The summed E-state index contributed by atoms with van der Waals surface area (Å²) in [5, 5.41) is 2.74. The predicted molar refractivity (Wildman–Crippen MR) is 107 cm³/mol. The van der Waals surface area contributed by atoms with Gasteiger partial charge in [0.05, 0.1) is 23.6 Å². The number of sulfonamides is 1. The molecule has 1 N–H and O–H groups in total. The molecule has 2 aromatic carbocycles. The standard InChI is InChI=1S/C20H24N2O5S/c1-5-27-20(24)16-8-10-17(11-9-16)28(25,26)22(4)13-19(23)21-18-12-14(2)6-7-15(18)3/h6-12H,5,13H2,1-4H3,(H,21,23). The number of carbonyl (C=O) groups is 2. The van der Waals surface area contributed by atoms with Gasteiger partial charge in [0.1, 0.15) is 0 Å². The van der Waals surface area contributed by atoms with Crippen molar-refractivity contribution in [2.75, 3.05) is 25.5 Å². The third kappa shape index (κ3) is 5.17. The Labute approximate surface area is 165 Å². The summed E-state index contributed by atoms with van der Waals surface area (Å²) >= 11 is 0. The highest BCUT2D eigenvalue weighted by Gasteiger charge is 2.23. The van der Waals surface area contributed by atoms with Gasteiger partial charge >= 0.3 is 5.97 Å². The number of hydrogen-bond donors (Lipinski definition) is 1. The van der Waals surface area contributed by atoms with E-state index in [9.17, 15) is 18.0 Å². The average Bonchev–Trinajstić information content (AvgIpc) is 2.65. The van der Waals surface area contributed by atoms with E-state index < -0.39 is 21.9 Å². The van der Waals surface area contributed by atoms with Gasteiger partial charge in [-0.25, -0.2) is 13.2 Å². The molecule has 28 heavy (non-hydrogen) atoms. The van der Waals surface area contributed by atoms with Gasteiger partial charge < -0.3 is 10.1 Å². The maximum absolute atomic E-state index is 12.7. The fraction of sp³-hybridized carbons (Fsp3) is 0.300. The number of rotatable bonds is 7. The van der Waals surface area contributed by atoms with E-state index in [2.05, 4.69) is 5.32 Å². The minimum atomic E-state index is -3.88. The molecule has 0 saturated heterocycles. The van der Waals surface area contributed by atoms with Gasteiger partial charge in [0.15, 0.2) is 0 Å². The Balaban J connectivity index is 2.09. The van der Waals surface area contributed by atoms with Crippen LogP contribution in [0.5, 0.6) is 0 Å². The summed E-state index contributed by atoms with van der Waals surface area (Å²) in [6.07, 6.45) is 0. The lowest BCUT2D eigenvalue weighted by Gasteiger charge is -2.17. The van der Waals surface area contributed by atoms with Crippen LogP contribution in [-0.2, 0) is 19.6 Å².